The molecule has 16 heavy (non-hydrogen) atoms. The van der Waals surface area contributed by atoms with Gasteiger partial charge in [0.2, 0.25) is 0 Å². The summed E-state index contributed by atoms with van der Waals surface area (Å²) in [7, 11) is 0. The Kier molecular flexibility index (Phi) is 4.08. The summed E-state index contributed by atoms with van der Waals surface area (Å²) in [5.74, 6) is 2.63. The van der Waals surface area contributed by atoms with E-state index in [1.165, 1.54) is 0 Å². The van der Waals surface area contributed by atoms with Crippen LogP contribution in [0.2, 0.25) is 0 Å². The maximum absolute atomic E-state index is 5.24. The van der Waals surface area contributed by atoms with Gasteiger partial charge in [0.1, 0.15) is 0 Å². The van der Waals surface area contributed by atoms with Gasteiger partial charge in [0.05, 0.1) is 17.4 Å². The molecule has 1 heterocycles. The minimum absolute atomic E-state index is 0.0182. The zero-order valence-corrected chi connectivity index (χ0v) is 10.5. The second kappa shape index (κ2) is 5.13. The monoisotopic (exact) mass is 220 g/mol. The van der Waals surface area contributed by atoms with Crippen LogP contribution in [-0.4, -0.2) is 21.0 Å². The normalized spacial score (nSPS) is 13.4. The summed E-state index contributed by atoms with van der Waals surface area (Å²) in [6.07, 6.45) is 7.93. The summed E-state index contributed by atoms with van der Waals surface area (Å²) >= 11 is 0. The Morgan fingerprint density at radius 2 is 2.25 bits per heavy atom. The Morgan fingerprint density at radius 1 is 1.56 bits per heavy atom. The number of rotatable bonds is 4. The third kappa shape index (κ3) is 3.67. The number of hydrogen-bond donors (Lipinski definition) is 1. The Hall–Kier alpha value is -1.34. The van der Waals surface area contributed by atoms with Crippen LogP contribution in [0.1, 0.15) is 39.8 Å². The van der Waals surface area contributed by atoms with Gasteiger partial charge in [0.15, 0.2) is 0 Å². The maximum Gasteiger partial charge on any atom is 0.0965 e. The van der Waals surface area contributed by atoms with Crippen molar-refractivity contribution in [1.82, 2.24) is 20.3 Å². The smallest absolute Gasteiger partial charge is 0.0965 e. The van der Waals surface area contributed by atoms with Crippen molar-refractivity contribution in [2.24, 2.45) is 0 Å². The molecule has 0 aliphatic heterocycles. The highest BCUT2D eigenvalue weighted by molar-refractivity contribution is 4.95. The molecule has 0 aromatic carbocycles. The summed E-state index contributed by atoms with van der Waals surface area (Å²) in [6, 6.07) is 0.310. The fourth-order valence-electron chi connectivity index (χ4n) is 1.23. The molecule has 0 spiro atoms. The van der Waals surface area contributed by atoms with Gasteiger partial charge in [-0.05, 0) is 27.7 Å². The molecule has 0 aliphatic carbocycles. The Morgan fingerprint density at radius 3 is 2.75 bits per heavy atom. The lowest BCUT2D eigenvalue weighted by atomic mass is 10.1. The van der Waals surface area contributed by atoms with Gasteiger partial charge >= 0.3 is 0 Å². The highest BCUT2D eigenvalue weighted by Gasteiger charge is 2.14. The second-order valence-electron chi connectivity index (χ2n) is 5.02. The molecule has 88 valence electrons. The number of nitrogens with one attached hydrogen (secondary N) is 1. The molecule has 0 saturated heterocycles. The molecule has 4 heteroatoms. The highest BCUT2D eigenvalue weighted by atomic mass is 15.4. The van der Waals surface area contributed by atoms with E-state index in [9.17, 15) is 0 Å². The maximum atomic E-state index is 5.24. The molecule has 0 amide bonds. The van der Waals surface area contributed by atoms with Crippen molar-refractivity contribution >= 4 is 0 Å². The minimum atomic E-state index is -0.0182. The molecular weight excluding hydrogens is 200 g/mol. The predicted octanol–water partition coefficient (Wildman–Crippen LogP) is 1.53. The molecule has 1 unspecified atom stereocenters. The van der Waals surface area contributed by atoms with Gasteiger partial charge in [0, 0.05) is 19.0 Å². The van der Waals surface area contributed by atoms with Crippen molar-refractivity contribution in [3.8, 4) is 12.3 Å². The second-order valence-corrected chi connectivity index (χ2v) is 5.02. The first-order chi connectivity index (χ1) is 7.43. The number of terminal acetylenes is 1. The average Bonchev–Trinajstić information content (AvgIpc) is 2.63. The number of aromatic nitrogens is 3. The molecule has 1 rings (SSSR count). The summed E-state index contributed by atoms with van der Waals surface area (Å²) in [6.45, 7) is 9.06. The van der Waals surface area contributed by atoms with Crippen LogP contribution in [-0.2, 0) is 12.1 Å². The van der Waals surface area contributed by atoms with Crippen molar-refractivity contribution in [1.29, 1.82) is 0 Å². The van der Waals surface area contributed by atoms with Gasteiger partial charge in [0.25, 0.3) is 0 Å². The lowest BCUT2D eigenvalue weighted by Gasteiger charge is -2.17. The topological polar surface area (TPSA) is 42.7 Å². The third-order valence-electron chi connectivity index (χ3n) is 2.28. The lowest BCUT2D eigenvalue weighted by molar-refractivity contribution is 0.347. The van der Waals surface area contributed by atoms with Crippen LogP contribution in [0.4, 0.5) is 0 Å². The predicted molar refractivity (Wildman–Crippen MR) is 64.8 cm³/mol. The fourth-order valence-corrected chi connectivity index (χ4v) is 1.23. The summed E-state index contributed by atoms with van der Waals surface area (Å²) in [5.41, 5.74) is 0.925. The molecule has 0 aliphatic rings. The summed E-state index contributed by atoms with van der Waals surface area (Å²) < 4.78 is 1.87. The molecular formula is C12H20N4. The van der Waals surface area contributed by atoms with Crippen LogP contribution in [0.3, 0.4) is 0 Å². The van der Waals surface area contributed by atoms with Crippen LogP contribution < -0.4 is 5.32 Å². The first-order valence-electron chi connectivity index (χ1n) is 5.52. The Balaban J connectivity index is 2.51. The molecule has 1 aromatic heterocycles. The largest absolute Gasteiger partial charge is 0.308 e. The molecule has 1 N–H and O–H groups in total. The first kappa shape index (κ1) is 12.7. The zero-order valence-electron chi connectivity index (χ0n) is 10.5. The van der Waals surface area contributed by atoms with Crippen LogP contribution in [0.5, 0.6) is 0 Å². The van der Waals surface area contributed by atoms with E-state index in [-0.39, 0.29) is 5.54 Å². The SMILES string of the molecule is C#CCC(C)NCc1cn(C(C)(C)C)nn1. The van der Waals surface area contributed by atoms with E-state index in [0.717, 1.165) is 12.1 Å². The van der Waals surface area contributed by atoms with Gasteiger partial charge in [-0.2, -0.15) is 0 Å². The fraction of sp³-hybridized carbons (Fsp3) is 0.667. The van der Waals surface area contributed by atoms with Crippen molar-refractivity contribution in [2.45, 2.75) is 52.2 Å². The standard InChI is InChI=1S/C12H20N4/c1-6-7-10(2)13-8-11-9-16(15-14-11)12(3,4)5/h1,9-10,13H,7-8H2,2-5H3. The van der Waals surface area contributed by atoms with E-state index in [0.29, 0.717) is 12.6 Å². The van der Waals surface area contributed by atoms with Gasteiger partial charge in [-0.25, -0.2) is 4.68 Å². The third-order valence-corrected chi connectivity index (χ3v) is 2.28. The van der Waals surface area contributed by atoms with Gasteiger partial charge in [-0.1, -0.05) is 5.21 Å². The van der Waals surface area contributed by atoms with Gasteiger partial charge in [-0.15, -0.1) is 17.4 Å². The zero-order chi connectivity index (χ0) is 12.2. The summed E-state index contributed by atoms with van der Waals surface area (Å²) in [5, 5.41) is 11.5. The molecule has 1 atom stereocenters. The first-order valence-corrected chi connectivity index (χ1v) is 5.52. The lowest BCUT2D eigenvalue weighted by Crippen LogP contribution is -2.25. The van der Waals surface area contributed by atoms with Gasteiger partial charge in [-0.3, -0.25) is 0 Å². The van der Waals surface area contributed by atoms with Crippen molar-refractivity contribution < 1.29 is 0 Å². The molecule has 0 saturated carbocycles. The van der Waals surface area contributed by atoms with Crippen LogP contribution in [0.25, 0.3) is 0 Å². The summed E-state index contributed by atoms with van der Waals surface area (Å²) in [4.78, 5) is 0. The Bertz CT molecular complexity index is 367. The molecule has 1 aromatic rings. The Labute approximate surface area is 97.4 Å². The van der Waals surface area contributed by atoms with E-state index in [1.807, 2.05) is 10.9 Å². The molecule has 4 nitrogen and oxygen atoms in total. The van der Waals surface area contributed by atoms with Gasteiger partial charge < -0.3 is 5.32 Å². The van der Waals surface area contributed by atoms with E-state index in [4.69, 9.17) is 6.42 Å². The molecule has 0 bridgehead atoms. The van der Waals surface area contributed by atoms with E-state index >= 15 is 0 Å². The van der Waals surface area contributed by atoms with Crippen LogP contribution >= 0.6 is 0 Å². The van der Waals surface area contributed by atoms with E-state index < -0.39 is 0 Å². The van der Waals surface area contributed by atoms with Crippen molar-refractivity contribution in [3.63, 3.8) is 0 Å². The van der Waals surface area contributed by atoms with E-state index in [1.54, 1.807) is 0 Å². The minimum Gasteiger partial charge on any atom is -0.308 e. The molecule has 0 fully saturated rings. The van der Waals surface area contributed by atoms with Crippen molar-refractivity contribution in [2.75, 3.05) is 0 Å². The van der Waals surface area contributed by atoms with E-state index in [2.05, 4.69) is 49.2 Å². The van der Waals surface area contributed by atoms with Crippen LogP contribution in [0.15, 0.2) is 6.20 Å². The molecule has 0 radical (unpaired) electrons. The number of hydrogen-bond acceptors (Lipinski definition) is 3. The quantitative estimate of drug-likeness (QED) is 0.783. The number of nitrogens with zero attached hydrogens (tertiary/aromatic N) is 3. The highest BCUT2D eigenvalue weighted by Crippen LogP contribution is 2.11. The van der Waals surface area contributed by atoms with Crippen molar-refractivity contribution in [3.05, 3.63) is 11.9 Å². The van der Waals surface area contributed by atoms with Crippen LogP contribution in [0, 0.1) is 12.3 Å². The average molecular weight is 220 g/mol.